The first-order valence-corrected chi connectivity index (χ1v) is 10.8. The van der Waals surface area contributed by atoms with Crippen LogP contribution in [0, 0.1) is 0 Å². The first-order chi connectivity index (χ1) is 16.0. The summed E-state index contributed by atoms with van der Waals surface area (Å²) in [5.41, 5.74) is 2.14. The molecule has 0 saturated carbocycles. The molecule has 1 aliphatic heterocycles. The monoisotopic (exact) mass is 446 g/mol. The van der Waals surface area contributed by atoms with E-state index in [0.717, 1.165) is 17.1 Å². The molecule has 1 N–H and O–H groups in total. The summed E-state index contributed by atoms with van der Waals surface area (Å²) < 4.78 is 16.7. The lowest BCUT2D eigenvalue weighted by Crippen LogP contribution is -2.46. The molecule has 1 heterocycles. The van der Waals surface area contributed by atoms with Crippen LogP contribution in [0.1, 0.15) is 12.5 Å². The summed E-state index contributed by atoms with van der Waals surface area (Å²) in [6.45, 7) is 2.45. The zero-order valence-electron chi connectivity index (χ0n) is 18.6. The Hall–Kier alpha value is -4.00. The molecular weight excluding hydrogens is 420 g/mol. The fraction of sp³-hybridized carbons (Fsp3) is 0.231. The van der Waals surface area contributed by atoms with Crippen molar-refractivity contribution >= 4 is 23.2 Å². The van der Waals surface area contributed by atoms with Crippen LogP contribution in [0.15, 0.2) is 72.8 Å². The van der Waals surface area contributed by atoms with Gasteiger partial charge in [-0.2, -0.15) is 0 Å². The molecule has 7 heteroatoms. The molecule has 3 aromatic rings. The van der Waals surface area contributed by atoms with Crippen molar-refractivity contribution in [2.45, 2.75) is 19.4 Å². The van der Waals surface area contributed by atoms with Gasteiger partial charge < -0.3 is 24.4 Å². The minimum Gasteiger partial charge on any atom is -0.497 e. The van der Waals surface area contributed by atoms with Crippen LogP contribution in [0.5, 0.6) is 17.2 Å². The summed E-state index contributed by atoms with van der Waals surface area (Å²) in [6.07, 6.45) is -0.390. The molecule has 0 bridgehead atoms. The lowest BCUT2D eigenvalue weighted by molar-refractivity contribution is -0.125. The first kappa shape index (κ1) is 22.2. The van der Waals surface area contributed by atoms with Crippen LogP contribution in [-0.2, 0) is 16.0 Å². The van der Waals surface area contributed by atoms with Crippen molar-refractivity contribution in [2.24, 2.45) is 0 Å². The molecular formula is C26H26N2O5. The molecule has 0 aliphatic carbocycles. The Kier molecular flexibility index (Phi) is 6.78. The first-order valence-electron chi connectivity index (χ1n) is 10.8. The van der Waals surface area contributed by atoms with Gasteiger partial charge in [0.15, 0.2) is 6.10 Å². The highest BCUT2D eigenvalue weighted by Gasteiger charge is 2.31. The fourth-order valence-corrected chi connectivity index (χ4v) is 3.62. The van der Waals surface area contributed by atoms with Crippen LogP contribution < -0.4 is 24.4 Å². The van der Waals surface area contributed by atoms with Crippen molar-refractivity contribution in [3.05, 3.63) is 78.4 Å². The molecule has 0 fully saturated rings. The van der Waals surface area contributed by atoms with Crippen molar-refractivity contribution in [1.82, 2.24) is 0 Å². The van der Waals surface area contributed by atoms with E-state index < -0.39 is 6.10 Å². The van der Waals surface area contributed by atoms with E-state index in [-0.39, 0.29) is 18.2 Å². The number of ether oxygens (including phenoxy) is 3. The summed E-state index contributed by atoms with van der Waals surface area (Å²) in [4.78, 5) is 26.9. The highest BCUT2D eigenvalue weighted by Crippen LogP contribution is 2.36. The predicted octanol–water partition coefficient (Wildman–Crippen LogP) is 4.07. The Bertz CT molecular complexity index is 1120. The molecule has 1 atom stereocenters. The SMILES string of the molecule is COc1ccc(CC(=O)Nc2ccc3c(c2)OC(C)C(=O)N3CCOc2ccccc2)cc1. The number of rotatable bonds is 8. The third-order valence-corrected chi connectivity index (χ3v) is 5.30. The molecule has 0 radical (unpaired) electrons. The second kappa shape index (κ2) is 10.1. The second-order valence-electron chi connectivity index (χ2n) is 7.67. The zero-order valence-corrected chi connectivity index (χ0v) is 18.6. The van der Waals surface area contributed by atoms with Gasteiger partial charge >= 0.3 is 0 Å². The van der Waals surface area contributed by atoms with Crippen molar-refractivity contribution in [3.8, 4) is 17.2 Å². The fourth-order valence-electron chi connectivity index (χ4n) is 3.62. The molecule has 1 unspecified atom stereocenters. The van der Waals surface area contributed by atoms with Gasteiger partial charge in [0, 0.05) is 11.8 Å². The maximum atomic E-state index is 12.7. The summed E-state index contributed by atoms with van der Waals surface area (Å²) >= 11 is 0. The number of carbonyl (C=O) groups is 2. The van der Waals surface area contributed by atoms with Crippen LogP contribution in [0.2, 0.25) is 0 Å². The Morgan fingerprint density at radius 1 is 1.03 bits per heavy atom. The van der Waals surface area contributed by atoms with Gasteiger partial charge in [0.25, 0.3) is 5.91 Å². The molecule has 2 amide bonds. The average Bonchev–Trinajstić information content (AvgIpc) is 2.82. The molecule has 4 rings (SSSR count). The van der Waals surface area contributed by atoms with Gasteiger partial charge in [-0.1, -0.05) is 30.3 Å². The van der Waals surface area contributed by atoms with Gasteiger partial charge in [-0.3, -0.25) is 9.59 Å². The molecule has 0 spiro atoms. The third kappa shape index (κ3) is 5.44. The Labute approximate surface area is 192 Å². The van der Waals surface area contributed by atoms with Gasteiger partial charge in [0.1, 0.15) is 23.9 Å². The average molecular weight is 447 g/mol. The Morgan fingerprint density at radius 2 is 1.79 bits per heavy atom. The predicted molar refractivity (Wildman–Crippen MR) is 126 cm³/mol. The number of hydrogen-bond donors (Lipinski definition) is 1. The number of benzene rings is 3. The van der Waals surface area contributed by atoms with Crippen molar-refractivity contribution in [2.75, 3.05) is 30.5 Å². The number of carbonyl (C=O) groups excluding carboxylic acids is 2. The zero-order chi connectivity index (χ0) is 23.2. The van der Waals surface area contributed by atoms with E-state index in [1.54, 1.807) is 37.1 Å². The summed E-state index contributed by atoms with van der Waals surface area (Å²) in [5, 5.41) is 2.90. The summed E-state index contributed by atoms with van der Waals surface area (Å²) in [6, 6.07) is 22.1. The maximum absolute atomic E-state index is 12.7. The highest BCUT2D eigenvalue weighted by atomic mass is 16.5. The normalized spacial score (nSPS) is 14.8. The number of amides is 2. The van der Waals surface area contributed by atoms with Gasteiger partial charge in [-0.25, -0.2) is 0 Å². The Morgan fingerprint density at radius 3 is 2.52 bits per heavy atom. The number of fused-ring (bicyclic) bond motifs is 1. The number of anilines is 2. The molecule has 170 valence electrons. The van der Waals surface area contributed by atoms with E-state index in [1.165, 1.54) is 0 Å². The van der Waals surface area contributed by atoms with Crippen molar-refractivity contribution in [3.63, 3.8) is 0 Å². The standard InChI is InChI=1S/C26H26N2O5/c1-18-26(30)28(14-15-32-22-6-4-3-5-7-22)23-13-10-20(17-24(23)33-18)27-25(29)16-19-8-11-21(31-2)12-9-19/h3-13,17-18H,14-16H2,1-2H3,(H,27,29). The van der Waals surface area contributed by atoms with E-state index >= 15 is 0 Å². The molecule has 33 heavy (non-hydrogen) atoms. The quantitative estimate of drug-likeness (QED) is 0.565. The minimum atomic E-state index is -0.625. The van der Waals surface area contributed by atoms with Crippen LogP contribution in [0.25, 0.3) is 0 Å². The molecule has 7 nitrogen and oxygen atoms in total. The summed E-state index contributed by atoms with van der Waals surface area (Å²) in [5.74, 6) is 1.77. The van der Waals surface area contributed by atoms with Crippen LogP contribution in [-0.4, -0.2) is 38.2 Å². The van der Waals surface area contributed by atoms with Gasteiger partial charge in [0.05, 0.1) is 25.8 Å². The van der Waals surface area contributed by atoms with Crippen molar-refractivity contribution < 1.29 is 23.8 Å². The smallest absolute Gasteiger partial charge is 0.267 e. The van der Waals surface area contributed by atoms with Gasteiger partial charge in [-0.15, -0.1) is 0 Å². The third-order valence-electron chi connectivity index (χ3n) is 5.30. The number of nitrogens with zero attached hydrogens (tertiary/aromatic N) is 1. The molecule has 1 aliphatic rings. The van der Waals surface area contributed by atoms with E-state index in [1.807, 2.05) is 54.6 Å². The van der Waals surface area contributed by atoms with Gasteiger partial charge in [-0.05, 0) is 48.9 Å². The maximum Gasteiger partial charge on any atom is 0.267 e. The van der Waals surface area contributed by atoms with Gasteiger partial charge in [0.2, 0.25) is 5.91 Å². The van der Waals surface area contributed by atoms with Crippen molar-refractivity contribution in [1.29, 1.82) is 0 Å². The highest BCUT2D eigenvalue weighted by molar-refractivity contribution is 6.00. The molecule has 0 saturated heterocycles. The molecule has 3 aromatic carbocycles. The number of methoxy groups -OCH3 is 1. The summed E-state index contributed by atoms with van der Waals surface area (Å²) in [7, 11) is 1.60. The topological polar surface area (TPSA) is 77.1 Å². The lowest BCUT2D eigenvalue weighted by Gasteiger charge is -2.33. The molecule has 0 aromatic heterocycles. The van der Waals surface area contributed by atoms with E-state index in [4.69, 9.17) is 14.2 Å². The minimum absolute atomic E-state index is 0.129. The van der Waals surface area contributed by atoms with E-state index in [0.29, 0.717) is 30.3 Å². The van der Waals surface area contributed by atoms with Crippen LogP contribution in [0.4, 0.5) is 11.4 Å². The number of hydrogen-bond acceptors (Lipinski definition) is 5. The lowest BCUT2D eigenvalue weighted by atomic mass is 10.1. The van der Waals surface area contributed by atoms with Crippen LogP contribution in [0.3, 0.4) is 0 Å². The van der Waals surface area contributed by atoms with Crippen LogP contribution >= 0.6 is 0 Å². The largest absolute Gasteiger partial charge is 0.497 e. The number of para-hydroxylation sites is 1. The Balaban J connectivity index is 1.41. The number of nitrogens with one attached hydrogen (secondary N) is 1. The van der Waals surface area contributed by atoms with E-state index in [2.05, 4.69) is 5.32 Å². The second-order valence-corrected chi connectivity index (χ2v) is 7.67. The van der Waals surface area contributed by atoms with E-state index in [9.17, 15) is 9.59 Å².